The number of hydrogen-bond donors (Lipinski definition) is 1. The average Bonchev–Trinajstić information content (AvgIpc) is 2.43. The molecule has 8 heteroatoms. The van der Waals surface area contributed by atoms with Gasteiger partial charge in [-0.05, 0) is 26.8 Å². The number of carbonyl (C=O) groups excluding carboxylic acids is 1. The summed E-state index contributed by atoms with van der Waals surface area (Å²) in [7, 11) is 1.48. The highest BCUT2D eigenvalue weighted by Gasteiger charge is 2.54. The standard InChI is InChI=1S/C14H17FN4O3/c1-13(2)11(20)18(4)12(16)17-14(13,3)9-7-8(19(21)22)5-6-10(9)15/h5-7H,1-4H3,(H2,16,17)/t14-/m1/s1. The number of halogens is 1. The highest BCUT2D eigenvalue weighted by Crippen LogP contribution is 2.47. The maximum atomic E-state index is 14.3. The van der Waals surface area contributed by atoms with Crippen molar-refractivity contribution in [2.24, 2.45) is 16.1 Å². The third kappa shape index (κ3) is 2.02. The van der Waals surface area contributed by atoms with E-state index in [1.165, 1.54) is 11.9 Å². The van der Waals surface area contributed by atoms with Crippen LogP contribution in [0.5, 0.6) is 0 Å². The Hall–Kier alpha value is -2.51. The molecule has 1 aromatic carbocycles. The summed E-state index contributed by atoms with van der Waals surface area (Å²) < 4.78 is 14.3. The second-order valence-electron chi connectivity index (χ2n) is 5.95. The first-order valence-electron chi connectivity index (χ1n) is 6.60. The molecule has 1 aromatic rings. The zero-order valence-corrected chi connectivity index (χ0v) is 12.8. The van der Waals surface area contributed by atoms with E-state index in [1.54, 1.807) is 20.8 Å². The molecule has 0 aromatic heterocycles. The normalized spacial score (nSPS) is 24.1. The lowest BCUT2D eigenvalue weighted by atomic mass is 9.67. The lowest BCUT2D eigenvalue weighted by Gasteiger charge is -2.46. The smallest absolute Gasteiger partial charge is 0.270 e. The number of nitro groups is 1. The number of benzene rings is 1. The van der Waals surface area contributed by atoms with E-state index in [-0.39, 0.29) is 23.1 Å². The summed E-state index contributed by atoms with van der Waals surface area (Å²) in [6.45, 7) is 4.77. The Balaban J connectivity index is 2.76. The Morgan fingerprint density at radius 2 is 1.95 bits per heavy atom. The molecule has 0 fully saturated rings. The van der Waals surface area contributed by atoms with Crippen LogP contribution in [0.25, 0.3) is 0 Å². The molecule has 1 amide bonds. The third-order valence-electron chi connectivity index (χ3n) is 4.42. The van der Waals surface area contributed by atoms with Gasteiger partial charge in [-0.3, -0.25) is 19.8 Å². The Labute approximate surface area is 126 Å². The van der Waals surface area contributed by atoms with Crippen LogP contribution in [0.1, 0.15) is 26.3 Å². The highest BCUT2D eigenvalue weighted by atomic mass is 19.1. The minimum atomic E-state index is -1.35. The Morgan fingerprint density at radius 1 is 1.36 bits per heavy atom. The summed E-state index contributed by atoms with van der Waals surface area (Å²) in [6, 6.07) is 3.18. The Kier molecular flexibility index (Phi) is 3.43. The zero-order chi connectivity index (χ0) is 16.9. The first-order valence-corrected chi connectivity index (χ1v) is 6.60. The quantitative estimate of drug-likeness (QED) is 0.664. The van der Waals surface area contributed by atoms with E-state index in [2.05, 4.69) is 4.99 Å². The lowest BCUT2D eigenvalue weighted by molar-refractivity contribution is -0.385. The number of nitro benzene ring substituents is 1. The van der Waals surface area contributed by atoms with E-state index in [0.29, 0.717) is 0 Å². The summed E-state index contributed by atoms with van der Waals surface area (Å²) in [5.41, 5.74) is 2.97. The van der Waals surface area contributed by atoms with Crippen molar-refractivity contribution in [1.29, 1.82) is 0 Å². The topological polar surface area (TPSA) is 102 Å². The molecule has 0 saturated heterocycles. The van der Waals surface area contributed by atoms with Crippen molar-refractivity contribution in [3.63, 3.8) is 0 Å². The molecule has 118 valence electrons. The van der Waals surface area contributed by atoms with E-state index < -0.39 is 21.7 Å². The van der Waals surface area contributed by atoms with Crippen LogP contribution >= 0.6 is 0 Å². The molecular formula is C14H17FN4O3. The van der Waals surface area contributed by atoms with E-state index >= 15 is 0 Å². The predicted molar refractivity (Wildman–Crippen MR) is 78.6 cm³/mol. The molecule has 7 nitrogen and oxygen atoms in total. The van der Waals surface area contributed by atoms with Crippen LogP contribution < -0.4 is 5.73 Å². The van der Waals surface area contributed by atoms with E-state index in [0.717, 1.165) is 18.2 Å². The van der Waals surface area contributed by atoms with Gasteiger partial charge in [0.05, 0.1) is 10.3 Å². The van der Waals surface area contributed by atoms with Gasteiger partial charge < -0.3 is 5.73 Å². The number of nitrogens with zero attached hydrogens (tertiary/aromatic N) is 3. The van der Waals surface area contributed by atoms with Gasteiger partial charge in [-0.25, -0.2) is 9.38 Å². The average molecular weight is 308 g/mol. The monoisotopic (exact) mass is 308 g/mol. The molecule has 0 radical (unpaired) electrons. The Morgan fingerprint density at radius 3 is 2.50 bits per heavy atom. The summed E-state index contributed by atoms with van der Waals surface area (Å²) in [5, 5.41) is 10.9. The second kappa shape index (κ2) is 4.75. The van der Waals surface area contributed by atoms with E-state index in [1.807, 2.05) is 0 Å². The summed E-state index contributed by atoms with van der Waals surface area (Å²) in [5.74, 6) is -1.07. The molecule has 22 heavy (non-hydrogen) atoms. The van der Waals surface area contributed by atoms with Gasteiger partial charge >= 0.3 is 0 Å². The minimum absolute atomic E-state index is 0.0314. The fourth-order valence-electron chi connectivity index (χ4n) is 2.57. The first kappa shape index (κ1) is 15.9. The van der Waals surface area contributed by atoms with Crippen LogP contribution in [0.2, 0.25) is 0 Å². The van der Waals surface area contributed by atoms with Crippen LogP contribution in [0, 0.1) is 21.3 Å². The molecular weight excluding hydrogens is 291 g/mol. The summed E-state index contributed by atoms with van der Waals surface area (Å²) >= 11 is 0. The Bertz CT molecular complexity index is 701. The number of rotatable bonds is 2. The highest BCUT2D eigenvalue weighted by molar-refractivity contribution is 6.01. The van der Waals surface area contributed by atoms with Crippen molar-refractivity contribution >= 4 is 17.6 Å². The second-order valence-corrected chi connectivity index (χ2v) is 5.95. The predicted octanol–water partition coefficient (Wildman–Crippen LogP) is 1.76. The molecule has 0 aliphatic carbocycles. The lowest BCUT2D eigenvalue weighted by Crippen LogP contribution is -2.58. The number of hydrogen-bond acceptors (Lipinski definition) is 5. The molecule has 0 saturated carbocycles. The molecule has 2 N–H and O–H groups in total. The van der Waals surface area contributed by atoms with Crippen molar-refractivity contribution < 1.29 is 14.1 Å². The molecule has 0 bridgehead atoms. The maximum Gasteiger partial charge on any atom is 0.270 e. The van der Waals surface area contributed by atoms with Crippen molar-refractivity contribution in [3.05, 3.63) is 39.7 Å². The van der Waals surface area contributed by atoms with Crippen LogP contribution in [-0.2, 0) is 10.3 Å². The molecule has 0 spiro atoms. The van der Waals surface area contributed by atoms with Gasteiger partial charge in [0.25, 0.3) is 5.69 Å². The number of non-ortho nitro benzene ring substituents is 1. The third-order valence-corrected chi connectivity index (χ3v) is 4.42. The van der Waals surface area contributed by atoms with Crippen molar-refractivity contribution in [1.82, 2.24) is 4.90 Å². The first-order chi connectivity index (χ1) is 10.0. The number of nitrogens with two attached hydrogens (primary N) is 1. The molecule has 1 atom stereocenters. The van der Waals surface area contributed by atoms with Crippen LogP contribution in [0.4, 0.5) is 10.1 Å². The minimum Gasteiger partial charge on any atom is -0.369 e. The van der Waals surface area contributed by atoms with Crippen molar-refractivity contribution in [2.75, 3.05) is 7.05 Å². The van der Waals surface area contributed by atoms with Crippen LogP contribution in [0.3, 0.4) is 0 Å². The number of guanidine groups is 1. The van der Waals surface area contributed by atoms with Crippen molar-refractivity contribution in [3.8, 4) is 0 Å². The fourth-order valence-corrected chi connectivity index (χ4v) is 2.57. The van der Waals surface area contributed by atoms with Gasteiger partial charge in [-0.1, -0.05) is 0 Å². The number of carbonyl (C=O) groups is 1. The van der Waals surface area contributed by atoms with Gasteiger partial charge in [0.15, 0.2) is 5.96 Å². The number of amides is 1. The molecule has 2 rings (SSSR count). The van der Waals surface area contributed by atoms with Gasteiger partial charge in [-0.15, -0.1) is 0 Å². The summed E-state index contributed by atoms with van der Waals surface area (Å²) in [6.07, 6.45) is 0. The summed E-state index contributed by atoms with van der Waals surface area (Å²) in [4.78, 5) is 28.3. The molecule has 1 heterocycles. The van der Waals surface area contributed by atoms with Crippen molar-refractivity contribution in [2.45, 2.75) is 26.3 Å². The van der Waals surface area contributed by atoms with Crippen LogP contribution in [0.15, 0.2) is 23.2 Å². The zero-order valence-electron chi connectivity index (χ0n) is 12.8. The van der Waals surface area contributed by atoms with Gasteiger partial charge in [0, 0.05) is 24.7 Å². The molecule has 1 aliphatic rings. The van der Waals surface area contributed by atoms with Gasteiger partial charge in [0.2, 0.25) is 5.91 Å². The number of aliphatic imine (C=N–C) groups is 1. The molecule has 0 unspecified atom stereocenters. The maximum absolute atomic E-state index is 14.3. The fraction of sp³-hybridized carbons (Fsp3) is 0.429. The van der Waals surface area contributed by atoms with Gasteiger partial charge in [0.1, 0.15) is 11.4 Å². The van der Waals surface area contributed by atoms with Gasteiger partial charge in [-0.2, -0.15) is 0 Å². The van der Waals surface area contributed by atoms with E-state index in [9.17, 15) is 19.3 Å². The largest absolute Gasteiger partial charge is 0.369 e. The van der Waals surface area contributed by atoms with E-state index in [4.69, 9.17) is 5.73 Å². The SMILES string of the molecule is CN1C(=O)C(C)(C)[C@@](C)(c2cc([N+](=O)[O-])ccc2F)N=C1N. The molecule has 1 aliphatic heterocycles. The van der Waals surface area contributed by atoms with Crippen LogP contribution in [-0.4, -0.2) is 28.7 Å².